The first kappa shape index (κ1) is 14.6. The standard InChI is InChI=1S/C17H19NO4/c1-10-6-7-18(13(8-10)17(20)21)16(19)14-9-12-5-3-4-11(2)15(12)22-14/h3-5,9-10,13H,6-8H2,1-2H3,(H,20,21). The second-order valence-corrected chi connectivity index (χ2v) is 6.09. The Morgan fingerprint density at radius 1 is 1.36 bits per heavy atom. The van der Waals surface area contributed by atoms with Crippen molar-refractivity contribution in [3.8, 4) is 0 Å². The van der Waals surface area contributed by atoms with E-state index in [1.54, 1.807) is 6.07 Å². The molecule has 0 bridgehead atoms. The van der Waals surface area contributed by atoms with Crippen LogP contribution in [0.25, 0.3) is 11.0 Å². The van der Waals surface area contributed by atoms with Crippen LogP contribution in [0.3, 0.4) is 0 Å². The van der Waals surface area contributed by atoms with Gasteiger partial charge in [-0.25, -0.2) is 4.79 Å². The van der Waals surface area contributed by atoms with Crippen molar-refractivity contribution in [3.05, 3.63) is 35.6 Å². The van der Waals surface area contributed by atoms with E-state index in [9.17, 15) is 14.7 Å². The summed E-state index contributed by atoms with van der Waals surface area (Å²) in [5.74, 6) is -0.768. The Hall–Kier alpha value is -2.30. The lowest BCUT2D eigenvalue weighted by atomic mass is 9.92. The number of benzene rings is 1. The van der Waals surface area contributed by atoms with E-state index in [0.29, 0.717) is 24.5 Å². The minimum Gasteiger partial charge on any atom is -0.480 e. The van der Waals surface area contributed by atoms with Crippen molar-refractivity contribution in [1.29, 1.82) is 0 Å². The number of hydrogen-bond acceptors (Lipinski definition) is 3. The maximum Gasteiger partial charge on any atom is 0.326 e. The molecule has 2 aromatic rings. The van der Waals surface area contributed by atoms with E-state index >= 15 is 0 Å². The number of hydrogen-bond donors (Lipinski definition) is 1. The van der Waals surface area contributed by atoms with E-state index < -0.39 is 12.0 Å². The number of likely N-dealkylation sites (tertiary alicyclic amines) is 1. The summed E-state index contributed by atoms with van der Waals surface area (Å²) in [6, 6.07) is 6.63. The number of carboxylic acids is 1. The van der Waals surface area contributed by atoms with Gasteiger partial charge in [0.05, 0.1) is 0 Å². The number of amides is 1. The van der Waals surface area contributed by atoms with E-state index in [4.69, 9.17) is 4.42 Å². The Morgan fingerprint density at radius 3 is 2.82 bits per heavy atom. The maximum absolute atomic E-state index is 12.7. The number of para-hydroxylation sites is 1. The van der Waals surface area contributed by atoms with Crippen molar-refractivity contribution in [1.82, 2.24) is 4.90 Å². The van der Waals surface area contributed by atoms with Gasteiger partial charge in [-0.2, -0.15) is 0 Å². The van der Waals surface area contributed by atoms with E-state index in [2.05, 4.69) is 0 Å². The Morgan fingerprint density at radius 2 is 2.14 bits per heavy atom. The molecule has 116 valence electrons. The second kappa shape index (κ2) is 5.48. The van der Waals surface area contributed by atoms with Gasteiger partial charge in [-0.15, -0.1) is 0 Å². The molecule has 1 aliphatic heterocycles. The zero-order valence-corrected chi connectivity index (χ0v) is 12.7. The summed E-state index contributed by atoms with van der Waals surface area (Å²) in [6.07, 6.45) is 1.30. The first-order valence-corrected chi connectivity index (χ1v) is 7.50. The first-order valence-electron chi connectivity index (χ1n) is 7.50. The van der Waals surface area contributed by atoms with Gasteiger partial charge in [-0.05, 0) is 37.3 Å². The van der Waals surface area contributed by atoms with Crippen molar-refractivity contribution in [2.45, 2.75) is 32.7 Å². The van der Waals surface area contributed by atoms with E-state index in [1.807, 2.05) is 32.0 Å². The maximum atomic E-state index is 12.7. The number of fused-ring (bicyclic) bond motifs is 1. The molecule has 1 N–H and O–H groups in total. The SMILES string of the molecule is Cc1cccc2cc(C(=O)N3CCC(C)CC3C(=O)O)oc12. The van der Waals surface area contributed by atoms with Gasteiger partial charge >= 0.3 is 5.97 Å². The summed E-state index contributed by atoms with van der Waals surface area (Å²) in [5, 5.41) is 10.2. The molecular formula is C17H19NO4. The third-order valence-corrected chi connectivity index (χ3v) is 4.36. The number of piperidine rings is 1. The van der Waals surface area contributed by atoms with Gasteiger partial charge < -0.3 is 14.4 Å². The third kappa shape index (κ3) is 2.47. The van der Waals surface area contributed by atoms with Crippen molar-refractivity contribution in [3.63, 3.8) is 0 Å². The Labute approximate surface area is 128 Å². The van der Waals surface area contributed by atoms with Gasteiger partial charge in [0.15, 0.2) is 5.76 Å². The second-order valence-electron chi connectivity index (χ2n) is 6.09. The normalized spacial score (nSPS) is 22.0. The summed E-state index contributed by atoms with van der Waals surface area (Å²) >= 11 is 0. The number of aliphatic carboxylic acids is 1. The van der Waals surface area contributed by atoms with Gasteiger partial charge in [-0.3, -0.25) is 4.79 Å². The summed E-state index contributed by atoms with van der Waals surface area (Å²) in [7, 11) is 0. The molecule has 5 heteroatoms. The monoisotopic (exact) mass is 301 g/mol. The predicted molar refractivity (Wildman–Crippen MR) is 81.8 cm³/mol. The molecular weight excluding hydrogens is 282 g/mol. The zero-order valence-electron chi connectivity index (χ0n) is 12.7. The van der Waals surface area contributed by atoms with Crippen LogP contribution in [0, 0.1) is 12.8 Å². The van der Waals surface area contributed by atoms with Gasteiger partial charge in [0.25, 0.3) is 5.91 Å². The van der Waals surface area contributed by atoms with Gasteiger partial charge in [0, 0.05) is 11.9 Å². The van der Waals surface area contributed by atoms with Crippen LogP contribution in [0.15, 0.2) is 28.7 Å². The fraction of sp³-hybridized carbons (Fsp3) is 0.412. The minimum absolute atomic E-state index is 0.213. The van der Waals surface area contributed by atoms with Crippen LogP contribution in [0.5, 0.6) is 0 Å². The molecule has 0 radical (unpaired) electrons. The zero-order chi connectivity index (χ0) is 15.9. The molecule has 5 nitrogen and oxygen atoms in total. The van der Waals surface area contributed by atoms with Crippen molar-refractivity contribution >= 4 is 22.8 Å². The van der Waals surface area contributed by atoms with Crippen LogP contribution in [0.2, 0.25) is 0 Å². The summed E-state index contributed by atoms with van der Waals surface area (Å²) in [6.45, 7) is 4.39. The molecule has 2 unspecified atom stereocenters. The summed E-state index contributed by atoms with van der Waals surface area (Å²) < 4.78 is 5.68. The van der Waals surface area contributed by atoms with Crippen LogP contribution < -0.4 is 0 Å². The van der Waals surface area contributed by atoms with Crippen molar-refractivity contribution in [2.24, 2.45) is 5.92 Å². The van der Waals surface area contributed by atoms with Crippen molar-refractivity contribution in [2.75, 3.05) is 6.54 Å². The highest BCUT2D eigenvalue weighted by molar-refractivity contribution is 5.98. The lowest BCUT2D eigenvalue weighted by Gasteiger charge is -2.35. The molecule has 1 saturated heterocycles. The fourth-order valence-corrected chi connectivity index (χ4v) is 3.07. The fourth-order valence-electron chi connectivity index (χ4n) is 3.07. The number of furan rings is 1. The molecule has 1 fully saturated rings. The lowest BCUT2D eigenvalue weighted by Crippen LogP contribution is -2.49. The number of carbonyl (C=O) groups excluding carboxylic acids is 1. The predicted octanol–water partition coefficient (Wildman–Crippen LogP) is 3.07. The number of nitrogens with zero attached hydrogens (tertiary/aromatic N) is 1. The highest BCUT2D eigenvalue weighted by Crippen LogP contribution is 2.27. The molecule has 0 saturated carbocycles. The Bertz CT molecular complexity index is 733. The number of aryl methyl sites for hydroxylation is 1. The van der Waals surface area contributed by atoms with E-state index in [1.165, 1.54) is 4.90 Å². The van der Waals surface area contributed by atoms with Crippen LogP contribution in [-0.4, -0.2) is 34.5 Å². The van der Waals surface area contributed by atoms with Crippen LogP contribution >= 0.6 is 0 Å². The van der Waals surface area contributed by atoms with Crippen LogP contribution in [-0.2, 0) is 4.79 Å². The number of carbonyl (C=O) groups is 2. The number of carboxylic acid groups (broad SMARTS) is 1. The topological polar surface area (TPSA) is 70.8 Å². The van der Waals surface area contributed by atoms with Gasteiger partial charge in [-0.1, -0.05) is 25.1 Å². The smallest absolute Gasteiger partial charge is 0.326 e. The molecule has 3 rings (SSSR count). The Balaban J connectivity index is 1.94. The first-order chi connectivity index (χ1) is 10.5. The molecule has 2 atom stereocenters. The Kier molecular flexibility index (Phi) is 3.64. The average Bonchev–Trinajstić information content (AvgIpc) is 2.92. The molecule has 1 aliphatic rings. The van der Waals surface area contributed by atoms with E-state index in [0.717, 1.165) is 17.4 Å². The molecule has 22 heavy (non-hydrogen) atoms. The summed E-state index contributed by atoms with van der Waals surface area (Å²) in [5.41, 5.74) is 1.64. The highest BCUT2D eigenvalue weighted by Gasteiger charge is 2.36. The summed E-state index contributed by atoms with van der Waals surface area (Å²) in [4.78, 5) is 25.5. The molecule has 1 aromatic heterocycles. The van der Waals surface area contributed by atoms with Crippen molar-refractivity contribution < 1.29 is 19.1 Å². The quantitative estimate of drug-likeness (QED) is 0.925. The molecule has 1 amide bonds. The number of rotatable bonds is 2. The minimum atomic E-state index is -0.952. The molecule has 0 aliphatic carbocycles. The average molecular weight is 301 g/mol. The van der Waals surface area contributed by atoms with Gasteiger partial charge in [0.1, 0.15) is 11.6 Å². The van der Waals surface area contributed by atoms with E-state index in [-0.39, 0.29) is 11.7 Å². The third-order valence-electron chi connectivity index (χ3n) is 4.36. The molecule has 2 heterocycles. The lowest BCUT2D eigenvalue weighted by molar-refractivity contribution is -0.144. The highest BCUT2D eigenvalue weighted by atomic mass is 16.4. The molecule has 1 aromatic carbocycles. The largest absolute Gasteiger partial charge is 0.480 e. The van der Waals surface area contributed by atoms with Crippen LogP contribution in [0.4, 0.5) is 0 Å². The van der Waals surface area contributed by atoms with Gasteiger partial charge in [0.2, 0.25) is 0 Å². The van der Waals surface area contributed by atoms with Crippen LogP contribution in [0.1, 0.15) is 35.9 Å². The molecule has 0 spiro atoms.